The number of carbonyl (C=O) groups is 1. The minimum absolute atomic E-state index is 0.386. The molecule has 20 heavy (non-hydrogen) atoms. The quantitative estimate of drug-likeness (QED) is 0.927. The van der Waals surface area contributed by atoms with E-state index in [9.17, 15) is 9.90 Å². The summed E-state index contributed by atoms with van der Waals surface area (Å²) >= 11 is 1.99. The van der Waals surface area contributed by atoms with Gasteiger partial charge in [0.25, 0.3) is 0 Å². The molecule has 2 fully saturated rings. The van der Waals surface area contributed by atoms with E-state index in [1.807, 2.05) is 29.7 Å². The molecular weight excluding hydrogens is 274 g/mol. The molecule has 0 aromatic carbocycles. The van der Waals surface area contributed by atoms with Crippen LogP contribution in [0, 0.1) is 6.92 Å². The molecule has 3 heterocycles. The minimum atomic E-state index is -0.716. The monoisotopic (exact) mass is 295 g/mol. The third kappa shape index (κ3) is 2.53. The Hall–Kier alpha value is -1.17. The number of thioether (sulfide) groups is 1. The number of hydrogen-bond donors (Lipinski definition) is 1. The Labute approximate surface area is 123 Å². The van der Waals surface area contributed by atoms with Gasteiger partial charge in [-0.05, 0) is 44.1 Å². The molecule has 5 nitrogen and oxygen atoms in total. The standard InChI is InChI=1S/C14H21N3O2S/c1-10-9-13(16-6-2-3-12(16)14(18)19)17(15-10)11-4-7-20-8-5-11/h9,11-12H,2-8H2,1H3,(H,18,19). The zero-order chi connectivity index (χ0) is 14.1. The van der Waals surface area contributed by atoms with E-state index >= 15 is 0 Å². The van der Waals surface area contributed by atoms with Gasteiger partial charge in [0.05, 0.1) is 11.7 Å². The molecular formula is C14H21N3O2S. The van der Waals surface area contributed by atoms with Gasteiger partial charge in [-0.25, -0.2) is 9.48 Å². The maximum absolute atomic E-state index is 11.4. The predicted molar refractivity (Wildman–Crippen MR) is 80.6 cm³/mol. The van der Waals surface area contributed by atoms with Crippen molar-refractivity contribution >= 4 is 23.5 Å². The third-order valence-corrected chi connectivity index (χ3v) is 5.26. The molecule has 0 saturated carbocycles. The number of nitrogens with zero attached hydrogens (tertiary/aromatic N) is 3. The molecule has 2 aliphatic heterocycles. The highest BCUT2D eigenvalue weighted by Gasteiger charge is 2.34. The van der Waals surface area contributed by atoms with Crippen LogP contribution in [0.5, 0.6) is 0 Å². The molecule has 2 aliphatic rings. The Kier molecular flexibility index (Phi) is 3.92. The first-order chi connectivity index (χ1) is 9.66. The number of aromatic nitrogens is 2. The van der Waals surface area contributed by atoms with Crippen molar-refractivity contribution in [2.75, 3.05) is 23.0 Å². The van der Waals surface area contributed by atoms with Gasteiger partial charge in [-0.1, -0.05) is 0 Å². The molecule has 3 rings (SSSR count). The Morgan fingerprint density at radius 1 is 1.40 bits per heavy atom. The van der Waals surface area contributed by atoms with E-state index in [0.29, 0.717) is 6.04 Å². The van der Waals surface area contributed by atoms with Gasteiger partial charge in [0, 0.05) is 12.6 Å². The predicted octanol–water partition coefficient (Wildman–Crippen LogP) is 2.31. The van der Waals surface area contributed by atoms with Crippen LogP contribution in [0.3, 0.4) is 0 Å². The first-order valence-electron chi connectivity index (χ1n) is 7.30. The summed E-state index contributed by atoms with van der Waals surface area (Å²) in [5.41, 5.74) is 0.981. The van der Waals surface area contributed by atoms with E-state index in [4.69, 9.17) is 0 Å². The van der Waals surface area contributed by atoms with Gasteiger partial charge in [0.1, 0.15) is 11.9 Å². The van der Waals surface area contributed by atoms with Gasteiger partial charge >= 0.3 is 5.97 Å². The van der Waals surface area contributed by atoms with Crippen molar-refractivity contribution in [1.29, 1.82) is 0 Å². The first-order valence-corrected chi connectivity index (χ1v) is 8.45. The van der Waals surface area contributed by atoms with Crippen molar-refractivity contribution < 1.29 is 9.90 Å². The molecule has 0 aliphatic carbocycles. The molecule has 2 saturated heterocycles. The van der Waals surface area contributed by atoms with Crippen LogP contribution in [0.2, 0.25) is 0 Å². The van der Waals surface area contributed by atoms with E-state index in [0.717, 1.165) is 43.7 Å². The fraction of sp³-hybridized carbons (Fsp3) is 0.714. The Balaban J connectivity index is 1.90. The summed E-state index contributed by atoms with van der Waals surface area (Å²) in [7, 11) is 0. The maximum Gasteiger partial charge on any atom is 0.326 e. The van der Waals surface area contributed by atoms with E-state index in [-0.39, 0.29) is 6.04 Å². The minimum Gasteiger partial charge on any atom is -0.480 e. The summed E-state index contributed by atoms with van der Waals surface area (Å²) in [6.45, 7) is 2.81. The van der Waals surface area contributed by atoms with Crippen molar-refractivity contribution in [3.05, 3.63) is 11.8 Å². The molecule has 1 atom stereocenters. The zero-order valence-electron chi connectivity index (χ0n) is 11.8. The topological polar surface area (TPSA) is 58.4 Å². The lowest BCUT2D eigenvalue weighted by Crippen LogP contribution is -2.38. The average molecular weight is 295 g/mol. The largest absolute Gasteiger partial charge is 0.480 e. The van der Waals surface area contributed by atoms with Crippen LogP contribution in [0.1, 0.15) is 37.4 Å². The van der Waals surface area contributed by atoms with Gasteiger partial charge in [0.15, 0.2) is 0 Å². The number of carboxylic acids is 1. The number of rotatable bonds is 3. The highest BCUT2D eigenvalue weighted by molar-refractivity contribution is 7.99. The fourth-order valence-electron chi connectivity index (χ4n) is 3.21. The third-order valence-electron chi connectivity index (χ3n) is 4.21. The highest BCUT2D eigenvalue weighted by atomic mass is 32.2. The number of aryl methyl sites for hydroxylation is 1. The molecule has 0 bridgehead atoms. The molecule has 1 aromatic rings. The normalized spacial score (nSPS) is 24.2. The summed E-state index contributed by atoms with van der Waals surface area (Å²) in [5.74, 6) is 2.63. The van der Waals surface area contributed by atoms with Gasteiger partial charge in [-0.3, -0.25) is 0 Å². The second kappa shape index (κ2) is 5.68. The van der Waals surface area contributed by atoms with Gasteiger partial charge in [-0.2, -0.15) is 16.9 Å². The molecule has 0 amide bonds. The fourth-order valence-corrected chi connectivity index (χ4v) is 4.30. The summed E-state index contributed by atoms with van der Waals surface area (Å²) in [4.78, 5) is 13.4. The van der Waals surface area contributed by atoms with E-state index in [2.05, 4.69) is 9.78 Å². The number of carboxylic acid groups (broad SMARTS) is 1. The van der Waals surface area contributed by atoms with E-state index in [1.54, 1.807) is 0 Å². The van der Waals surface area contributed by atoms with Gasteiger partial charge < -0.3 is 10.0 Å². The Bertz CT molecular complexity index is 497. The Morgan fingerprint density at radius 2 is 2.15 bits per heavy atom. The van der Waals surface area contributed by atoms with Crippen molar-refractivity contribution in [1.82, 2.24) is 9.78 Å². The number of aliphatic carboxylic acids is 1. The zero-order valence-corrected chi connectivity index (χ0v) is 12.6. The molecule has 1 aromatic heterocycles. The average Bonchev–Trinajstić information content (AvgIpc) is 3.05. The van der Waals surface area contributed by atoms with E-state index < -0.39 is 5.97 Å². The summed E-state index contributed by atoms with van der Waals surface area (Å²) in [6.07, 6.45) is 3.94. The van der Waals surface area contributed by atoms with E-state index in [1.165, 1.54) is 11.5 Å². The van der Waals surface area contributed by atoms with Gasteiger partial charge in [0.2, 0.25) is 0 Å². The van der Waals surface area contributed by atoms with Gasteiger partial charge in [-0.15, -0.1) is 0 Å². The van der Waals surface area contributed by atoms with Crippen molar-refractivity contribution in [2.45, 2.75) is 44.7 Å². The Morgan fingerprint density at radius 3 is 2.85 bits per heavy atom. The second-order valence-corrected chi connectivity index (χ2v) is 6.85. The van der Waals surface area contributed by atoms with Crippen molar-refractivity contribution in [3.63, 3.8) is 0 Å². The van der Waals surface area contributed by atoms with Crippen LogP contribution in [-0.2, 0) is 4.79 Å². The van der Waals surface area contributed by atoms with Crippen LogP contribution in [0.25, 0.3) is 0 Å². The summed E-state index contributed by atoms with van der Waals surface area (Å²) < 4.78 is 2.09. The van der Waals surface area contributed by atoms with Crippen LogP contribution < -0.4 is 4.90 Å². The lowest BCUT2D eigenvalue weighted by molar-refractivity contribution is -0.138. The molecule has 110 valence electrons. The molecule has 0 radical (unpaired) electrons. The molecule has 0 spiro atoms. The number of hydrogen-bond acceptors (Lipinski definition) is 4. The molecule has 6 heteroatoms. The van der Waals surface area contributed by atoms with Crippen LogP contribution in [0.15, 0.2) is 6.07 Å². The SMILES string of the molecule is Cc1cc(N2CCCC2C(=O)O)n(C2CCSCC2)n1. The van der Waals surface area contributed by atoms with Crippen LogP contribution in [0.4, 0.5) is 5.82 Å². The summed E-state index contributed by atoms with van der Waals surface area (Å²) in [5, 5.41) is 14.0. The first kappa shape index (κ1) is 13.8. The van der Waals surface area contributed by atoms with Crippen molar-refractivity contribution in [3.8, 4) is 0 Å². The smallest absolute Gasteiger partial charge is 0.326 e. The number of anilines is 1. The maximum atomic E-state index is 11.4. The molecule has 1 N–H and O–H groups in total. The lowest BCUT2D eigenvalue weighted by atomic mass is 10.1. The van der Waals surface area contributed by atoms with Crippen molar-refractivity contribution in [2.24, 2.45) is 0 Å². The van der Waals surface area contributed by atoms with Crippen LogP contribution >= 0.6 is 11.8 Å². The lowest BCUT2D eigenvalue weighted by Gasteiger charge is -2.29. The molecule has 1 unspecified atom stereocenters. The summed E-state index contributed by atoms with van der Waals surface area (Å²) in [6, 6.07) is 2.08. The highest BCUT2D eigenvalue weighted by Crippen LogP contribution is 2.33. The second-order valence-electron chi connectivity index (χ2n) is 5.62. The van der Waals surface area contributed by atoms with Crippen LogP contribution in [-0.4, -0.2) is 44.9 Å².